The molecule has 0 saturated heterocycles. The molecular formula is C21H18ClNO3S. The average Bonchev–Trinajstić information content (AvgIpc) is 3.31. The highest BCUT2D eigenvalue weighted by Crippen LogP contribution is 2.49. The molecule has 1 unspecified atom stereocenters. The van der Waals surface area contributed by atoms with Gasteiger partial charge in [0.25, 0.3) is 0 Å². The Balaban J connectivity index is 1.48. The number of fused-ring (bicyclic) bond motifs is 2. The molecule has 0 amide bonds. The van der Waals surface area contributed by atoms with Crippen molar-refractivity contribution in [1.82, 2.24) is 0 Å². The van der Waals surface area contributed by atoms with E-state index in [0.29, 0.717) is 0 Å². The summed E-state index contributed by atoms with van der Waals surface area (Å²) in [6.45, 7) is 2.02. The van der Waals surface area contributed by atoms with Gasteiger partial charge in [0.2, 0.25) is 6.79 Å². The van der Waals surface area contributed by atoms with Crippen molar-refractivity contribution in [1.29, 1.82) is 0 Å². The third kappa shape index (κ3) is 3.26. The normalized spacial score (nSPS) is 18.3. The van der Waals surface area contributed by atoms with Crippen LogP contribution in [0.25, 0.3) is 0 Å². The van der Waals surface area contributed by atoms with Crippen molar-refractivity contribution in [2.75, 3.05) is 18.2 Å². The second kappa shape index (κ2) is 7.06. The lowest BCUT2D eigenvalue weighted by Crippen LogP contribution is -2.23. The third-order valence-electron chi connectivity index (χ3n) is 4.93. The van der Waals surface area contributed by atoms with E-state index in [1.165, 1.54) is 16.1 Å². The first-order valence-corrected chi connectivity index (χ1v) is 10.1. The largest absolute Gasteiger partial charge is 0.472 e. The predicted molar refractivity (Wildman–Crippen MR) is 107 cm³/mol. The summed E-state index contributed by atoms with van der Waals surface area (Å²) in [7, 11) is 0. The highest BCUT2D eigenvalue weighted by atomic mass is 35.5. The van der Waals surface area contributed by atoms with E-state index >= 15 is 0 Å². The standard InChI is InChI=1S/C21H18ClNO3S/c22-16-10-19-18(25-13-26-19)9-15(16)20-5-7-23(11-14-6-8-24-12-14)17-3-1-2-4-21(17)27-20/h1-4,6,8-10,12,20H,5,7,11,13H2. The number of hydrogen-bond donors (Lipinski definition) is 0. The highest BCUT2D eigenvalue weighted by Gasteiger charge is 2.27. The molecule has 1 aromatic heterocycles. The molecule has 2 aliphatic heterocycles. The van der Waals surface area contributed by atoms with Gasteiger partial charge in [0, 0.05) is 39.9 Å². The number of anilines is 1. The zero-order valence-electron chi connectivity index (χ0n) is 14.6. The van der Waals surface area contributed by atoms with Crippen LogP contribution < -0.4 is 14.4 Å². The molecule has 0 N–H and O–H groups in total. The molecule has 3 aromatic rings. The van der Waals surface area contributed by atoms with E-state index in [1.807, 2.05) is 36.2 Å². The van der Waals surface area contributed by atoms with E-state index in [1.54, 1.807) is 6.26 Å². The van der Waals surface area contributed by atoms with Crippen LogP contribution in [-0.2, 0) is 6.54 Å². The van der Waals surface area contributed by atoms with Crippen molar-refractivity contribution >= 4 is 29.1 Å². The molecule has 2 aliphatic rings. The summed E-state index contributed by atoms with van der Waals surface area (Å²) < 4.78 is 16.3. The van der Waals surface area contributed by atoms with Gasteiger partial charge >= 0.3 is 0 Å². The first-order chi connectivity index (χ1) is 13.3. The molecule has 2 aromatic carbocycles. The van der Waals surface area contributed by atoms with Crippen LogP contribution in [0.15, 0.2) is 64.3 Å². The van der Waals surface area contributed by atoms with E-state index in [-0.39, 0.29) is 12.0 Å². The summed E-state index contributed by atoms with van der Waals surface area (Å²) in [4.78, 5) is 3.67. The second-order valence-corrected chi connectivity index (χ2v) is 8.29. The molecule has 0 bridgehead atoms. The Bertz CT molecular complexity index is 960. The fraction of sp³-hybridized carbons (Fsp3) is 0.238. The van der Waals surface area contributed by atoms with Crippen molar-refractivity contribution in [3.63, 3.8) is 0 Å². The summed E-state index contributed by atoms with van der Waals surface area (Å²) in [5.74, 6) is 1.51. The zero-order chi connectivity index (χ0) is 18.2. The highest BCUT2D eigenvalue weighted by molar-refractivity contribution is 7.99. The summed E-state index contributed by atoms with van der Waals surface area (Å²) in [5.41, 5.74) is 3.53. The van der Waals surface area contributed by atoms with Crippen LogP contribution in [0.5, 0.6) is 11.5 Å². The molecule has 0 saturated carbocycles. The van der Waals surface area contributed by atoms with Gasteiger partial charge in [0.15, 0.2) is 11.5 Å². The molecule has 4 nitrogen and oxygen atoms in total. The fourth-order valence-electron chi connectivity index (χ4n) is 3.59. The Hall–Kier alpha value is -2.24. The maximum absolute atomic E-state index is 6.60. The van der Waals surface area contributed by atoms with Gasteiger partial charge in [0.05, 0.1) is 18.2 Å². The lowest BCUT2D eigenvalue weighted by atomic mass is 10.1. The van der Waals surface area contributed by atoms with E-state index in [2.05, 4.69) is 29.2 Å². The minimum atomic E-state index is 0.252. The summed E-state index contributed by atoms with van der Waals surface area (Å²) in [6, 6.07) is 14.5. The predicted octanol–water partition coefficient (Wildman–Crippen LogP) is 5.91. The molecule has 0 aliphatic carbocycles. The minimum absolute atomic E-state index is 0.252. The second-order valence-electron chi connectivity index (χ2n) is 6.64. The Morgan fingerprint density at radius 3 is 2.81 bits per heavy atom. The van der Waals surface area contributed by atoms with Crippen molar-refractivity contribution in [2.24, 2.45) is 0 Å². The monoisotopic (exact) mass is 399 g/mol. The van der Waals surface area contributed by atoms with Crippen molar-refractivity contribution in [3.05, 3.63) is 71.1 Å². The summed E-state index contributed by atoms with van der Waals surface area (Å²) in [6.07, 6.45) is 4.52. The zero-order valence-corrected chi connectivity index (χ0v) is 16.1. The topological polar surface area (TPSA) is 34.8 Å². The number of hydrogen-bond acceptors (Lipinski definition) is 5. The van der Waals surface area contributed by atoms with E-state index in [4.69, 9.17) is 25.5 Å². The van der Waals surface area contributed by atoms with Crippen molar-refractivity contribution < 1.29 is 13.9 Å². The van der Waals surface area contributed by atoms with E-state index < -0.39 is 0 Å². The van der Waals surface area contributed by atoms with Gasteiger partial charge in [-0.2, -0.15) is 0 Å². The molecule has 5 rings (SSSR count). The Kier molecular flexibility index (Phi) is 4.42. The first kappa shape index (κ1) is 16.9. The Labute approximate surface area is 167 Å². The molecule has 6 heteroatoms. The quantitative estimate of drug-likeness (QED) is 0.547. The molecular weight excluding hydrogens is 382 g/mol. The van der Waals surface area contributed by atoms with Crippen LogP contribution in [0.4, 0.5) is 5.69 Å². The number of para-hydroxylation sites is 1. The maximum atomic E-state index is 6.60. The first-order valence-electron chi connectivity index (χ1n) is 8.89. The van der Waals surface area contributed by atoms with Crippen molar-refractivity contribution in [3.8, 4) is 11.5 Å². The molecule has 0 radical (unpaired) electrons. The number of furan rings is 1. The smallest absolute Gasteiger partial charge is 0.231 e. The van der Waals surface area contributed by atoms with Crippen LogP contribution in [0, 0.1) is 0 Å². The van der Waals surface area contributed by atoms with E-state index in [0.717, 1.165) is 41.6 Å². The Morgan fingerprint density at radius 1 is 1.11 bits per heavy atom. The number of ether oxygens (including phenoxy) is 2. The van der Waals surface area contributed by atoms with Gasteiger partial charge in [-0.1, -0.05) is 23.7 Å². The van der Waals surface area contributed by atoms with Crippen LogP contribution in [0.1, 0.15) is 22.8 Å². The van der Waals surface area contributed by atoms with Crippen molar-refractivity contribution in [2.45, 2.75) is 23.1 Å². The van der Waals surface area contributed by atoms with Gasteiger partial charge in [-0.3, -0.25) is 0 Å². The summed E-state index contributed by atoms with van der Waals surface area (Å²) >= 11 is 8.46. The minimum Gasteiger partial charge on any atom is -0.472 e. The van der Waals surface area contributed by atoms with Gasteiger partial charge in [-0.25, -0.2) is 0 Å². The lowest BCUT2D eigenvalue weighted by molar-refractivity contribution is 0.174. The number of nitrogens with zero attached hydrogens (tertiary/aromatic N) is 1. The molecule has 0 fully saturated rings. The molecule has 0 spiro atoms. The number of halogens is 1. The van der Waals surface area contributed by atoms with Gasteiger partial charge in [-0.05, 0) is 36.2 Å². The van der Waals surface area contributed by atoms with Crippen LogP contribution in [0.2, 0.25) is 5.02 Å². The fourth-order valence-corrected chi connectivity index (χ4v) is 5.27. The SMILES string of the molecule is Clc1cc2c(cc1C1CCN(Cc3ccoc3)c3ccccc3S1)OCO2. The molecule has 3 heterocycles. The molecule has 27 heavy (non-hydrogen) atoms. The average molecular weight is 400 g/mol. The van der Waals surface area contributed by atoms with E-state index in [9.17, 15) is 0 Å². The van der Waals surface area contributed by atoms with Crippen LogP contribution >= 0.6 is 23.4 Å². The number of thioether (sulfide) groups is 1. The van der Waals surface area contributed by atoms with Gasteiger partial charge in [0.1, 0.15) is 0 Å². The van der Waals surface area contributed by atoms with Gasteiger partial charge < -0.3 is 18.8 Å². The van der Waals surface area contributed by atoms with Crippen LogP contribution in [-0.4, -0.2) is 13.3 Å². The molecule has 1 atom stereocenters. The van der Waals surface area contributed by atoms with Crippen LogP contribution in [0.3, 0.4) is 0 Å². The summed E-state index contributed by atoms with van der Waals surface area (Å²) in [5, 5.41) is 0.986. The number of rotatable bonds is 3. The lowest BCUT2D eigenvalue weighted by Gasteiger charge is -2.24. The third-order valence-corrected chi connectivity index (χ3v) is 6.63. The Morgan fingerprint density at radius 2 is 1.96 bits per heavy atom. The van der Waals surface area contributed by atoms with Gasteiger partial charge in [-0.15, -0.1) is 11.8 Å². The maximum Gasteiger partial charge on any atom is 0.231 e. The molecule has 138 valence electrons. The number of benzene rings is 2.